The smallest absolute Gasteiger partial charge is 0.269 e. The lowest BCUT2D eigenvalue weighted by atomic mass is 10.2. The van der Waals surface area contributed by atoms with E-state index in [1.165, 1.54) is 0 Å². The fraction of sp³-hybridized carbons (Fsp3) is 0.333. The molecule has 6 nitrogen and oxygen atoms in total. The molecule has 1 heterocycles. The van der Waals surface area contributed by atoms with Crippen molar-refractivity contribution >= 4 is 34.8 Å². The Kier molecular flexibility index (Phi) is 5.54. The third kappa shape index (κ3) is 4.61. The van der Waals surface area contributed by atoms with E-state index in [-0.39, 0.29) is 5.91 Å². The highest BCUT2D eigenvalue weighted by atomic mass is 35.5. The number of nitrogens with one attached hydrogen (secondary N) is 3. The van der Waals surface area contributed by atoms with Gasteiger partial charge in [-0.25, -0.2) is 5.01 Å². The standard InChI is InChI=1S/C12H15ClN4O2S/c13-10-3-1-9(2-4-10)11(18)14-15-12(20)16-17-5-7-19-8-6-17/h1-4H,5-8H2,(H,14,18)(H2,15,16,20). The third-order valence-electron chi connectivity index (χ3n) is 2.67. The fourth-order valence-corrected chi connectivity index (χ4v) is 1.94. The normalized spacial score (nSPS) is 15.4. The zero-order valence-corrected chi connectivity index (χ0v) is 12.3. The highest BCUT2D eigenvalue weighted by Crippen LogP contribution is 2.08. The number of carbonyl (C=O) groups excluding carboxylic acids is 1. The van der Waals surface area contributed by atoms with E-state index >= 15 is 0 Å². The summed E-state index contributed by atoms with van der Waals surface area (Å²) in [7, 11) is 0. The van der Waals surface area contributed by atoms with Crippen LogP contribution in [-0.2, 0) is 4.74 Å². The van der Waals surface area contributed by atoms with Crippen molar-refractivity contribution in [3.63, 3.8) is 0 Å². The Morgan fingerprint density at radius 1 is 1.20 bits per heavy atom. The van der Waals surface area contributed by atoms with Gasteiger partial charge in [0.1, 0.15) is 0 Å². The van der Waals surface area contributed by atoms with Crippen molar-refractivity contribution < 1.29 is 9.53 Å². The Balaban J connectivity index is 1.75. The number of hydrogen-bond acceptors (Lipinski definition) is 4. The molecule has 0 bridgehead atoms. The summed E-state index contributed by atoms with van der Waals surface area (Å²) in [6.07, 6.45) is 0. The zero-order chi connectivity index (χ0) is 14.4. The van der Waals surface area contributed by atoms with Crippen LogP contribution in [0.1, 0.15) is 10.4 Å². The molecule has 1 aliphatic rings. The summed E-state index contributed by atoms with van der Waals surface area (Å²) in [5.74, 6) is -0.284. The van der Waals surface area contributed by atoms with Crippen LogP contribution in [0.15, 0.2) is 24.3 Å². The van der Waals surface area contributed by atoms with Crippen LogP contribution in [-0.4, -0.2) is 42.3 Å². The summed E-state index contributed by atoms with van der Waals surface area (Å²) in [6, 6.07) is 6.58. The predicted octanol–water partition coefficient (Wildman–Crippen LogP) is 0.696. The first-order valence-corrected chi connectivity index (χ1v) is 6.89. The van der Waals surface area contributed by atoms with Gasteiger partial charge in [-0.3, -0.25) is 21.1 Å². The molecule has 0 aromatic heterocycles. The molecule has 2 rings (SSSR count). The summed E-state index contributed by atoms with van der Waals surface area (Å²) < 4.78 is 5.22. The number of ether oxygens (including phenoxy) is 1. The topological polar surface area (TPSA) is 65.6 Å². The lowest BCUT2D eigenvalue weighted by Gasteiger charge is -2.28. The third-order valence-corrected chi connectivity index (χ3v) is 3.11. The molecule has 20 heavy (non-hydrogen) atoms. The number of thiocarbonyl (C=S) groups is 1. The van der Waals surface area contributed by atoms with Crippen molar-refractivity contribution in [1.82, 2.24) is 21.3 Å². The first-order valence-electron chi connectivity index (χ1n) is 6.10. The molecule has 1 fully saturated rings. The van der Waals surface area contributed by atoms with Crippen molar-refractivity contribution in [2.75, 3.05) is 26.3 Å². The van der Waals surface area contributed by atoms with Crippen LogP contribution in [0.5, 0.6) is 0 Å². The van der Waals surface area contributed by atoms with E-state index in [1.807, 2.05) is 5.01 Å². The van der Waals surface area contributed by atoms with E-state index in [0.29, 0.717) is 28.9 Å². The summed E-state index contributed by atoms with van der Waals surface area (Å²) >= 11 is 10.8. The van der Waals surface area contributed by atoms with E-state index in [4.69, 9.17) is 28.6 Å². The van der Waals surface area contributed by atoms with Crippen molar-refractivity contribution in [3.05, 3.63) is 34.9 Å². The van der Waals surface area contributed by atoms with Gasteiger partial charge in [0.25, 0.3) is 5.91 Å². The van der Waals surface area contributed by atoms with Crippen molar-refractivity contribution in [3.8, 4) is 0 Å². The molecule has 1 aromatic rings. The quantitative estimate of drug-likeness (QED) is 0.551. The second-order valence-corrected chi connectivity index (χ2v) is 4.97. The van der Waals surface area contributed by atoms with Crippen LogP contribution in [0.25, 0.3) is 0 Å². The molecular weight excluding hydrogens is 300 g/mol. The van der Waals surface area contributed by atoms with Crippen LogP contribution in [0, 0.1) is 0 Å². The molecule has 3 N–H and O–H groups in total. The number of benzene rings is 1. The van der Waals surface area contributed by atoms with Gasteiger partial charge in [0.15, 0.2) is 5.11 Å². The summed E-state index contributed by atoms with van der Waals surface area (Å²) in [5, 5.41) is 2.83. The van der Waals surface area contributed by atoms with Crippen molar-refractivity contribution in [1.29, 1.82) is 0 Å². The Morgan fingerprint density at radius 3 is 2.50 bits per heavy atom. The largest absolute Gasteiger partial charge is 0.379 e. The minimum atomic E-state index is -0.284. The molecule has 0 unspecified atom stereocenters. The Hall–Kier alpha value is -1.41. The molecule has 0 spiro atoms. The number of carbonyl (C=O) groups is 1. The predicted molar refractivity (Wildman–Crippen MR) is 80.2 cm³/mol. The highest BCUT2D eigenvalue weighted by Gasteiger charge is 2.11. The summed E-state index contributed by atoms with van der Waals surface area (Å²) in [5.41, 5.74) is 8.63. The molecule has 0 radical (unpaired) electrons. The van der Waals surface area contributed by atoms with Gasteiger partial charge >= 0.3 is 0 Å². The molecule has 0 atom stereocenters. The number of amides is 1. The maximum Gasteiger partial charge on any atom is 0.269 e. The number of morpholine rings is 1. The number of rotatable bonds is 2. The first kappa shape index (κ1) is 15.0. The maximum absolute atomic E-state index is 11.8. The van der Waals surface area contributed by atoms with Crippen LogP contribution >= 0.6 is 23.8 Å². The molecule has 0 saturated carbocycles. The van der Waals surface area contributed by atoms with Gasteiger partial charge in [0.05, 0.1) is 13.2 Å². The number of halogens is 1. The van der Waals surface area contributed by atoms with Gasteiger partial charge in [-0.15, -0.1) is 0 Å². The van der Waals surface area contributed by atoms with E-state index < -0.39 is 0 Å². The second kappa shape index (κ2) is 7.39. The second-order valence-electron chi connectivity index (χ2n) is 4.13. The fourth-order valence-electron chi connectivity index (χ4n) is 1.63. The van der Waals surface area contributed by atoms with Crippen LogP contribution in [0.2, 0.25) is 5.02 Å². The number of nitrogens with zero attached hydrogens (tertiary/aromatic N) is 1. The van der Waals surface area contributed by atoms with Crippen molar-refractivity contribution in [2.24, 2.45) is 0 Å². The van der Waals surface area contributed by atoms with E-state index in [2.05, 4.69) is 16.3 Å². The Bertz CT molecular complexity index is 477. The lowest BCUT2D eigenvalue weighted by molar-refractivity contribution is 0.0245. The SMILES string of the molecule is O=C(NNC(=S)NN1CCOCC1)c1ccc(Cl)cc1. The average molecular weight is 315 g/mol. The minimum Gasteiger partial charge on any atom is -0.379 e. The molecule has 1 aliphatic heterocycles. The summed E-state index contributed by atoms with van der Waals surface area (Å²) in [4.78, 5) is 11.8. The molecule has 1 saturated heterocycles. The first-order chi connectivity index (χ1) is 9.65. The van der Waals surface area contributed by atoms with Gasteiger partial charge in [0, 0.05) is 23.7 Å². The molecule has 0 aliphatic carbocycles. The minimum absolute atomic E-state index is 0.284. The van der Waals surface area contributed by atoms with E-state index in [9.17, 15) is 4.79 Å². The van der Waals surface area contributed by atoms with E-state index in [1.54, 1.807) is 24.3 Å². The van der Waals surface area contributed by atoms with Gasteiger partial charge in [-0.2, -0.15) is 0 Å². The van der Waals surface area contributed by atoms with Gasteiger partial charge < -0.3 is 4.74 Å². The zero-order valence-electron chi connectivity index (χ0n) is 10.7. The monoisotopic (exact) mass is 314 g/mol. The van der Waals surface area contributed by atoms with Crippen LogP contribution in [0.3, 0.4) is 0 Å². The van der Waals surface area contributed by atoms with Crippen molar-refractivity contribution in [2.45, 2.75) is 0 Å². The van der Waals surface area contributed by atoms with Crippen LogP contribution < -0.4 is 16.3 Å². The maximum atomic E-state index is 11.8. The Morgan fingerprint density at radius 2 is 1.85 bits per heavy atom. The lowest BCUT2D eigenvalue weighted by Crippen LogP contribution is -2.55. The number of hydrogen-bond donors (Lipinski definition) is 3. The average Bonchev–Trinajstić information content (AvgIpc) is 2.46. The highest BCUT2D eigenvalue weighted by molar-refractivity contribution is 7.80. The van der Waals surface area contributed by atoms with Gasteiger partial charge in [-0.05, 0) is 36.5 Å². The molecular formula is C12H15ClN4O2S. The molecule has 1 aromatic carbocycles. The van der Waals surface area contributed by atoms with Gasteiger partial charge in [-0.1, -0.05) is 11.6 Å². The number of hydrazine groups is 2. The van der Waals surface area contributed by atoms with Gasteiger partial charge in [0.2, 0.25) is 0 Å². The van der Waals surface area contributed by atoms with Crippen LogP contribution in [0.4, 0.5) is 0 Å². The summed E-state index contributed by atoms with van der Waals surface area (Å²) in [6.45, 7) is 2.80. The van der Waals surface area contributed by atoms with E-state index in [0.717, 1.165) is 13.1 Å². The molecule has 1 amide bonds. The Labute approximate surface area is 127 Å². The molecule has 8 heteroatoms. The molecule has 108 valence electrons.